The third kappa shape index (κ3) is 6.00. The Balaban J connectivity index is 1.11. The topological polar surface area (TPSA) is 144 Å². The highest BCUT2D eigenvalue weighted by molar-refractivity contribution is 5.94. The summed E-state index contributed by atoms with van der Waals surface area (Å²) in [5, 5.41) is 8.48. The molecular weight excluding hydrogens is 742 g/mol. The van der Waals surface area contributed by atoms with E-state index >= 15 is 8.78 Å². The van der Waals surface area contributed by atoms with Crippen LogP contribution >= 0.6 is 0 Å². The van der Waals surface area contributed by atoms with Crippen LogP contribution in [0.3, 0.4) is 0 Å². The van der Waals surface area contributed by atoms with E-state index in [1.165, 1.54) is 28.9 Å². The van der Waals surface area contributed by atoms with E-state index in [0.29, 0.717) is 96.2 Å². The highest BCUT2D eigenvalue weighted by Gasteiger charge is 2.46. The minimum Gasteiger partial charge on any atom is -0.377 e. The number of halogens is 3. The van der Waals surface area contributed by atoms with Crippen LogP contribution in [-0.4, -0.2) is 120 Å². The summed E-state index contributed by atoms with van der Waals surface area (Å²) in [6.07, 6.45) is 4.01. The summed E-state index contributed by atoms with van der Waals surface area (Å²) in [5.41, 5.74) is 2.60. The van der Waals surface area contributed by atoms with Crippen molar-refractivity contribution in [2.24, 2.45) is 0 Å². The van der Waals surface area contributed by atoms with Crippen LogP contribution in [0.2, 0.25) is 0 Å². The molecule has 1 amide bonds. The van der Waals surface area contributed by atoms with Crippen molar-refractivity contribution < 1.29 is 27.4 Å². The van der Waals surface area contributed by atoms with Gasteiger partial charge in [0.15, 0.2) is 11.5 Å². The predicted octanol–water partition coefficient (Wildman–Crippen LogP) is 4.26. The van der Waals surface area contributed by atoms with Gasteiger partial charge in [-0.25, -0.2) is 32.8 Å². The molecule has 3 fully saturated rings. The SMILES string of the molecule is CCO[C@H]1CN(C)C(=O)[C@@H]2C[C@@H](CN2c2nc(N3C4COCC3C4)nc3c2cnn3-c2ccc(F)cc2F)Nc2nccc(n2)-c2cc(F)cc3nc(C)n(c23)C1. The zero-order valence-corrected chi connectivity index (χ0v) is 31.4. The van der Waals surface area contributed by atoms with Gasteiger partial charge < -0.3 is 34.1 Å². The van der Waals surface area contributed by atoms with Crippen LogP contribution in [0.25, 0.3) is 39.0 Å². The second-order valence-corrected chi connectivity index (χ2v) is 15.1. The summed E-state index contributed by atoms with van der Waals surface area (Å²) in [4.78, 5) is 44.7. The Labute approximate surface area is 324 Å². The Morgan fingerprint density at radius 3 is 2.60 bits per heavy atom. The third-order valence-electron chi connectivity index (χ3n) is 11.5. The maximum Gasteiger partial charge on any atom is 0.245 e. The Morgan fingerprint density at radius 2 is 1.81 bits per heavy atom. The van der Waals surface area contributed by atoms with E-state index in [1.54, 1.807) is 30.4 Å². The Kier molecular flexibility index (Phi) is 8.51. The van der Waals surface area contributed by atoms with Gasteiger partial charge >= 0.3 is 0 Å². The van der Waals surface area contributed by atoms with E-state index in [-0.39, 0.29) is 36.3 Å². The Hall–Kier alpha value is -5.88. The van der Waals surface area contributed by atoms with Crippen molar-refractivity contribution in [3.05, 3.63) is 72.1 Å². The van der Waals surface area contributed by atoms with Crippen LogP contribution in [0.4, 0.5) is 30.9 Å². The van der Waals surface area contributed by atoms with Crippen LogP contribution in [0.1, 0.15) is 25.6 Å². The number of nitrogens with one attached hydrogen (secondary N) is 1. The summed E-state index contributed by atoms with van der Waals surface area (Å²) >= 11 is 0. The number of rotatable bonds is 5. The molecule has 0 spiro atoms. The molecule has 4 aromatic heterocycles. The first-order chi connectivity index (χ1) is 27.6. The van der Waals surface area contributed by atoms with E-state index in [2.05, 4.69) is 20.3 Å². The van der Waals surface area contributed by atoms with E-state index < -0.39 is 29.6 Å². The largest absolute Gasteiger partial charge is 0.377 e. The lowest BCUT2D eigenvalue weighted by atomic mass is 9.92. The summed E-state index contributed by atoms with van der Waals surface area (Å²) < 4.78 is 59.8. The Morgan fingerprint density at radius 1 is 0.965 bits per heavy atom. The lowest BCUT2D eigenvalue weighted by Gasteiger charge is -2.52. The number of hydrogen-bond acceptors (Lipinski definition) is 12. The van der Waals surface area contributed by atoms with Crippen molar-refractivity contribution in [2.75, 3.05) is 55.1 Å². The molecule has 4 aliphatic rings. The number of hydrogen-bond donors (Lipinski definition) is 1. The molecule has 6 aromatic rings. The minimum atomic E-state index is -0.799. The molecule has 4 aliphatic heterocycles. The summed E-state index contributed by atoms with van der Waals surface area (Å²) in [6, 6.07) is 6.96. The van der Waals surface area contributed by atoms with Gasteiger partial charge in [0, 0.05) is 56.7 Å². The molecule has 18 heteroatoms. The molecule has 0 saturated carbocycles. The fraction of sp³-hybridized carbons (Fsp3) is 0.410. The number of aryl methyl sites for hydroxylation is 1. The quantitative estimate of drug-likeness (QED) is 0.267. The number of amides is 1. The van der Waals surface area contributed by atoms with E-state index in [1.807, 2.05) is 23.3 Å². The first-order valence-corrected chi connectivity index (χ1v) is 19.1. The van der Waals surface area contributed by atoms with Gasteiger partial charge in [-0.3, -0.25) is 4.79 Å². The first-order valence-electron chi connectivity index (χ1n) is 19.1. The number of carbonyl (C=O) groups is 1. The lowest BCUT2D eigenvalue weighted by Crippen LogP contribution is -2.64. The van der Waals surface area contributed by atoms with Gasteiger partial charge in [0.1, 0.15) is 35.0 Å². The zero-order valence-electron chi connectivity index (χ0n) is 31.4. The number of morpholine rings is 1. The monoisotopic (exact) mass is 780 g/mol. The molecule has 6 bridgehead atoms. The van der Waals surface area contributed by atoms with Crippen LogP contribution in [0, 0.1) is 24.4 Å². The second kappa shape index (κ2) is 13.7. The minimum absolute atomic E-state index is 0.0229. The zero-order chi connectivity index (χ0) is 39.1. The highest BCUT2D eigenvalue weighted by atomic mass is 19.1. The maximum absolute atomic E-state index is 15.3. The highest BCUT2D eigenvalue weighted by Crippen LogP contribution is 2.39. The fourth-order valence-electron chi connectivity index (χ4n) is 8.90. The molecule has 10 rings (SSSR count). The summed E-state index contributed by atoms with van der Waals surface area (Å²) in [7, 11) is 1.76. The average molecular weight is 781 g/mol. The van der Waals surface area contributed by atoms with Gasteiger partial charge in [0.05, 0.1) is 66.3 Å². The molecule has 0 aliphatic carbocycles. The molecule has 2 aromatic carbocycles. The molecule has 8 heterocycles. The van der Waals surface area contributed by atoms with Gasteiger partial charge in [-0.15, -0.1) is 0 Å². The van der Waals surface area contributed by atoms with Crippen LogP contribution in [0.15, 0.2) is 48.8 Å². The van der Waals surface area contributed by atoms with E-state index in [9.17, 15) is 9.18 Å². The number of fused-ring (bicyclic) bond motifs is 8. The number of benzene rings is 2. The van der Waals surface area contributed by atoms with Gasteiger partial charge in [-0.05, 0) is 51.0 Å². The third-order valence-corrected chi connectivity index (χ3v) is 11.5. The average Bonchev–Trinajstić information content (AvgIpc) is 3.89. The van der Waals surface area contributed by atoms with Crippen molar-refractivity contribution in [3.63, 3.8) is 0 Å². The van der Waals surface area contributed by atoms with E-state index in [0.717, 1.165) is 12.5 Å². The predicted molar refractivity (Wildman–Crippen MR) is 204 cm³/mol. The van der Waals surface area contributed by atoms with Crippen LogP contribution in [0.5, 0.6) is 0 Å². The van der Waals surface area contributed by atoms with Gasteiger partial charge in [-0.1, -0.05) is 0 Å². The number of anilines is 3. The molecule has 3 saturated heterocycles. The van der Waals surface area contributed by atoms with Crippen molar-refractivity contribution >= 4 is 45.7 Å². The molecule has 15 nitrogen and oxygen atoms in total. The maximum atomic E-state index is 15.3. The smallest absolute Gasteiger partial charge is 0.245 e. The molecule has 1 N–H and O–H groups in total. The molecule has 57 heavy (non-hydrogen) atoms. The number of carbonyl (C=O) groups excluding carboxylic acids is 1. The standard InChI is InChI=1S/C39H39F3N12O3/c1-4-57-26-16-50(3)37(55)33-12-23(46-38-43-8-7-30(47-38)27-9-22(41)11-31-34(27)51(17-26)20(2)45-31)15-52(33)35-28-14-44-54(32-6-5-21(40)10-29(32)42)36(28)49-39(48-35)53-24-13-25(53)19-56-18-24/h5-11,14,23-26,33H,4,12-13,15-19H2,1-3H3,(H,43,46,47)/t23-,24?,25?,26-,33-/m0/s1. The summed E-state index contributed by atoms with van der Waals surface area (Å²) in [6.45, 7) is 6.10. The fourth-order valence-corrected chi connectivity index (χ4v) is 8.90. The molecule has 294 valence electrons. The van der Waals surface area contributed by atoms with Crippen LogP contribution < -0.4 is 15.1 Å². The molecule has 0 radical (unpaired) electrons. The number of aromatic nitrogens is 8. The number of likely N-dealkylation sites (N-methyl/N-ethyl adjacent to an activating group) is 1. The van der Waals surface area contributed by atoms with Crippen molar-refractivity contribution in [1.29, 1.82) is 0 Å². The van der Waals surface area contributed by atoms with Gasteiger partial charge in [0.2, 0.25) is 17.8 Å². The van der Waals surface area contributed by atoms with Crippen molar-refractivity contribution in [1.82, 2.24) is 44.2 Å². The van der Waals surface area contributed by atoms with Crippen molar-refractivity contribution in [3.8, 4) is 16.9 Å². The van der Waals surface area contributed by atoms with Gasteiger partial charge in [-0.2, -0.15) is 15.1 Å². The molecule has 5 atom stereocenters. The number of ether oxygens (including phenoxy) is 2. The first kappa shape index (κ1) is 35.5. The lowest BCUT2D eigenvalue weighted by molar-refractivity contribution is -0.133. The van der Waals surface area contributed by atoms with Gasteiger partial charge in [0.25, 0.3) is 0 Å². The summed E-state index contributed by atoms with van der Waals surface area (Å²) in [5.74, 6) is -0.286. The molecule has 2 unspecified atom stereocenters. The number of nitrogens with zero attached hydrogens (tertiary/aromatic N) is 11. The Bertz CT molecular complexity index is 2550. The second-order valence-electron chi connectivity index (χ2n) is 15.1. The normalized spacial score (nSPS) is 23.4. The van der Waals surface area contributed by atoms with Crippen molar-refractivity contribution in [2.45, 2.75) is 63.5 Å². The molecular formula is C39H39F3N12O3. The van der Waals surface area contributed by atoms with E-state index in [4.69, 9.17) is 29.4 Å². The number of imidazole rings is 1. The van der Waals surface area contributed by atoms with Crippen LogP contribution in [-0.2, 0) is 20.8 Å².